The van der Waals surface area contributed by atoms with E-state index in [0.717, 1.165) is 0 Å². The number of benzene rings is 2. The first kappa shape index (κ1) is 30.1. The van der Waals surface area contributed by atoms with Gasteiger partial charge in [0.2, 0.25) is 0 Å². The average Bonchev–Trinajstić information content (AvgIpc) is 3.42. The van der Waals surface area contributed by atoms with E-state index in [1.807, 2.05) is 0 Å². The number of rotatable bonds is 20. The molecular formula is C28H30O13. The Morgan fingerprint density at radius 2 is 0.683 bits per heavy atom. The number of carbonyl (C=O) groups excluding carboxylic acids is 4. The third-order valence-electron chi connectivity index (χ3n) is 5.71. The fourth-order valence-corrected chi connectivity index (χ4v) is 3.73. The van der Waals surface area contributed by atoms with Crippen LogP contribution in [0.15, 0.2) is 36.4 Å². The lowest BCUT2D eigenvalue weighted by molar-refractivity contribution is -0.0141. The highest BCUT2D eigenvalue weighted by Crippen LogP contribution is 2.25. The molecule has 2 aliphatic heterocycles. The minimum Gasteiger partial charge on any atom is -0.491 e. The van der Waals surface area contributed by atoms with Crippen LogP contribution in [0, 0.1) is 0 Å². The van der Waals surface area contributed by atoms with Crippen LogP contribution in [0.2, 0.25) is 0 Å². The van der Waals surface area contributed by atoms with Gasteiger partial charge >= 0.3 is 23.9 Å². The lowest BCUT2D eigenvalue weighted by Gasteiger charge is -2.09. The number of fused-ring (bicyclic) bond motifs is 2. The van der Waals surface area contributed by atoms with Crippen LogP contribution in [-0.2, 0) is 33.2 Å². The van der Waals surface area contributed by atoms with Crippen LogP contribution < -0.4 is 9.47 Å². The van der Waals surface area contributed by atoms with Crippen molar-refractivity contribution in [2.45, 2.75) is 0 Å². The topological polar surface area (TPSA) is 151 Å². The molecule has 2 aliphatic rings. The third kappa shape index (κ3) is 9.06. The van der Waals surface area contributed by atoms with Gasteiger partial charge in [0.05, 0.1) is 88.3 Å². The third-order valence-corrected chi connectivity index (χ3v) is 5.71. The smallest absolute Gasteiger partial charge is 0.347 e. The summed E-state index contributed by atoms with van der Waals surface area (Å²) in [4.78, 5) is 46.0. The molecule has 0 N–H and O–H groups in total. The minimum absolute atomic E-state index is 0.202. The van der Waals surface area contributed by atoms with Crippen molar-refractivity contribution in [1.82, 2.24) is 0 Å². The normalized spacial score (nSPS) is 13.7. The minimum atomic E-state index is -0.670. The number of esters is 4. The van der Waals surface area contributed by atoms with Crippen LogP contribution in [0.1, 0.15) is 41.4 Å². The van der Waals surface area contributed by atoms with Gasteiger partial charge in [-0.3, -0.25) is 0 Å². The first-order valence-corrected chi connectivity index (χ1v) is 13.0. The van der Waals surface area contributed by atoms with Gasteiger partial charge in [-0.25, -0.2) is 19.2 Å². The molecule has 0 spiro atoms. The SMILES string of the molecule is O=C1OC(=O)c2cc(OCCOCCOCCOCCOCCOCCOc3ccc4c(c3)C(=O)OC4=O)ccc21. The van der Waals surface area contributed by atoms with E-state index in [1.54, 1.807) is 12.1 Å². The van der Waals surface area contributed by atoms with E-state index in [2.05, 4.69) is 9.47 Å². The molecule has 0 fully saturated rings. The zero-order chi connectivity index (χ0) is 28.9. The van der Waals surface area contributed by atoms with Crippen LogP contribution in [-0.4, -0.2) is 103 Å². The van der Waals surface area contributed by atoms with Crippen molar-refractivity contribution >= 4 is 23.9 Å². The highest BCUT2D eigenvalue weighted by molar-refractivity contribution is 6.15. The van der Waals surface area contributed by atoms with Gasteiger partial charge in [-0.15, -0.1) is 0 Å². The molecule has 2 aromatic carbocycles. The van der Waals surface area contributed by atoms with Gasteiger partial charge in [-0.05, 0) is 36.4 Å². The molecule has 13 nitrogen and oxygen atoms in total. The fraction of sp³-hybridized carbons (Fsp3) is 0.429. The lowest BCUT2D eigenvalue weighted by atomic mass is 10.1. The molecule has 0 radical (unpaired) electrons. The quantitative estimate of drug-likeness (QED) is 0.129. The van der Waals surface area contributed by atoms with Crippen LogP contribution in [0.4, 0.5) is 0 Å². The maximum atomic E-state index is 11.6. The second-order valence-electron chi connectivity index (χ2n) is 8.53. The Morgan fingerprint density at radius 3 is 1.02 bits per heavy atom. The number of cyclic esters (lactones) is 4. The Hall–Kier alpha value is -3.88. The summed E-state index contributed by atoms with van der Waals surface area (Å²) < 4.78 is 47.3. The predicted octanol–water partition coefficient (Wildman–Crippen LogP) is 1.85. The van der Waals surface area contributed by atoms with E-state index < -0.39 is 23.9 Å². The van der Waals surface area contributed by atoms with Gasteiger partial charge < -0.3 is 42.6 Å². The summed E-state index contributed by atoms with van der Waals surface area (Å²) in [7, 11) is 0. The zero-order valence-electron chi connectivity index (χ0n) is 22.3. The average molecular weight is 575 g/mol. The highest BCUT2D eigenvalue weighted by atomic mass is 16.6. The van der Waals surface area contributed by atoms with Crippen molar-refractivity contribution in [1.29, 1.82) is 0 Å². The number of hydrogen-bond acceptors (Lipinski definition) is 13. The number of ether oxygens (including phenoxy) is 9. The first-order valence-electron chi connectivity index (χ1n) is 13.0. The van der Waals surface area contributed by atoms with Crippen molar-refractivity contribution in [3.8, 4) is 11.5 Å². The second-order valence-corrected chi connectivity index (χ2v) is 8.53. The van der Waals surface area contributed by atoms with E-state index >= 15 is 0 Å². The van der Waals surface area contributed by atoms with Crippen molar-refractivity contribution in [3.05, 3.63) is 58.7 Å². The summed E-state index contributed by atoms with van der Waals surface area (Å²) in [6, 6.07) is 9.16. The molecule has 0 aromatic heterocycles. The Bertz CT molecular complexity index is 1130. The van der Waals surface area contributed by atoms with E-state index in [9.17, 15) is 19.2 Å². The Balaban J connectivity index is 0.879. The molecule has 0 atom stereocenters. The molecule has 2 heterocycles. The number of carbonyl (C=O) groups is 4. The fourth-order valence-electron chi connectivity index (χ4n) is 3.73. The van der Waals surface area contributed by atoms with Gasteiger partial charge in [-0.2, -0.15) is 0 Å². The Kier molecular flexibility index (Phi) is 11.6. The maximum Gasteiger partial charge on any atom is 0.347 e. The summed E-state index contributed by atoms with van der Waals surface area (Å²) in [5, 5.41) is 0. The molecule has 13 heteroatoms. The second kappa shape index (κ2) is 15.8. The van der Waals surface area contributed by atoms with Gasteiger partial charge in [0, 0.05) is 0 Å². The molecule has 0 saturated carbocycles. The molecule has 220 valence electrons. The van der Waals surface area contributed by atoms with Gasteiger partial charge in [0.25, 0.3) is 0 Å². The van der Waals surface area contributed by atoms with Crippen molar-refractivity contribution < 1.29 is 61.8 Å². The molecule has 0 aliphatic carbocycles. The first-order chi connectivity index (χ1) is 20.0. The maximum absolute atomic E-state index is 11.6. The molecule has 0 bridgehead atoms. The predicted molar refractivity (Wildman–Crippen MR) is 137 cm³/mol. The molecule has 2 aromatic rings. The van der Waals surface area contributed by atoms with Crippen molar-refractivity contribution in [3.63, 3.8) is 0 Å². The van der Waals surface area contributed by atoms with E-state index in [-0.39, 0.29) is 35.5 Å². The zero-order valence-corrected chi connectivity index (χ0v) is 22.3. The summed E-state index contributed by atoms with van der Waals surface area (Å²) >= 11 is 0. The van der Waals surface area contributed by atoms with Crippen LogP contribution in [0.5, 0.6) is 11.5 Å². The van der Waals surface area contributed by atoms with Crippen LogP contribution >= 0.6 is 0 Å². The Morgan fingerprint density at radius 1 is 0.390 bits per heavy atom. The van der Waals surface area contributed by atoms with Gasteiger partial charge in [-0.1, -0.05) is 0 Å². The van der Waals surface area contributed by atoms with Crippen molar-refractivity contribution in [2.24, 2.45) is 0 Å². The van der Waals surface area contributed by atoms with Crippen LogP contribution in [0.3, 0.4) is 0 Å². The van der Waals surface area contributed by atoms with Crippen LogP contribution in [0.25, 0.3) is 0 Å². The Labute approximate surface area is 235 Å². The van der Waals surface area contributed by atoms with Gasteiger partial charge in [0.1, 0.15) is 24.7 Å². The summed E-state index contributed by atoms with van der Waals surface area (Å²) in [6.07, 6.45) is 0. The number of hydrogen-bond donors (Lipinski definition) is 0. The summed E-state index contributed by atoms with van der Waals surface area (Å²) in [6.45, 7) is 4.55. The summed E-state index contributed by atoms with van der Waals surface area (Å²) in [5.41, 5.74) is 0.882. The molecule has 4 rings (SSSR count). The van der Waals surface area contributed by atoms with E-state index in [1.165, 1.54) is 24.3 Å². The molecule has 0 amide bonds. The standard InChI is InChI=1S/C28H30O13/c29-25-21-3-1-19(17-23(21)27(31)40-25)38-15-13-36-11-9-34-7-5-33-6-8-35-10-12-37-14-16-39-20-2-4-22-24(18-20)28(32)41-26(22)30/h1-4,17-18H,5-16H2. The monoisotopic (exact) mass is 574 g/mol. The largest absolute Gasteiger partial charge is 0.491 e. The highest BCUT2D eigenvalue weighted by Gasteiger charge is 2.30. The van der Waals surface area contributed by atoms with Gasteiger partial charge in [0.15, 0.2) is 0 Å². The molecule has 0 saturated heterocycles. The molecular weight excluding hydrogens is 544 g/mol. The summed E-state index contributed by atoms with van der Waals surface area (Å²) in [5.74, 6) is -1.72. The van der Waals surface area contributed by atoms with Crippen molar-refractivity contribution in [2.75, 3.05) is 79.3 Å². The molecule has 41 heavy (non-hydrogen) atoms. The van der Waals surface area contributed by atoms with E-state index in [0.29, 0.717) is 77.6 Å². The van der Waals surface area contributed by atoms with E-state index in [4.69, 9.17) is 33.2 Å². The molecule has 0 unspecified atom stereocenters. The lowest BCUT2D eigenvalue weighted by Crippen LogP contribution is -2.15.